The number of rotatable bonds is 25. The lowest BCUT2D eigenvalue weighted by molar-refractivity contribution is -0.197. The zero-order chi connectivity index (χ0) is 48.0. The van der Waals surface area contributed by atoms with Crippen molar-refractivity contribution in [2.75, 3.05) is 41.4 Å². The number of nitrogens with one attached hydrogen (secondary N) is 2. The highest BCUT2D eigenvalue weighted by molar-refractivity contribution is 6.01. The fourth-order valence-corrected chi connectivity index (χ4v) is 9.08. The third kappa shape index (κ3) is 14.0. The van der Waals surface area contributed by atoms with E-state index in [1.807, 2.05) is 64.6 Å². The van der Waals surface area contributed by atoms with Crippen LogP contribution in [0.4, 0.5) is 0 Å². The van der Waals surface area contributed by atoms with Gasteiger partial charge >= 0.3 is 5.97 Å². The average Bonchev–Trinajstić information content (AvgIpc) is 3.87. The minimum absolute atomic E-state index is 0.00299. The topological polar surface area (TPSA) is 204 Å². The van der Waals surface area contributed by atoms with Crippen LogP contribution in [0, 0.1) is 23.7 Å². The molecule has 2 heterocycles. The second kappa shape index (κ2) is 25.3. The van der Waals surface area contributed by atoms with E-state index in [0.717, 1.165) is 6.42 Å². The van der Waals surface area contributed by atoms with E-state index < -0.39 is 66.2 Å². The second-order valence-corrected chi connectivity index (χ2v) is 18.3. The first-order valence-electron chi connectivity index (χ1n) is 22.9. The van der Waals surface area contributed by atoms with Gasteiger partial charge in [-0.3, -0.25) is 33.7 Å². The highest BCUT2D eigenvalue weighted by Gasteiger charge is 2.43. The maximum absolute atomic E-state index is 14.5. The van der Waals surface area contributed by atoms with Gasteiger partial charge < -0.3 is 39.9 Å². The normalized spacial score (nSPS) is 19.8. The number of nitrogens with zero attached hydrogens (tertiary/aromatic N) is 4. The van der Waals surface area contributed by atoms with E-state index in [9.17, 15) is 38.7 Å². The zero-order valence-corrected chi connectivity index (χ0v) is 40.2. The van der Waals surface area contributed by atoms with Crippen LogP contribution in [0.15, 0.2) is 30.3 Å². The molecule has 3 N–H and O–H groups in total. The summed E-state index contributed by atoms with van der Waals surface area (Å²) in [7, 11) is 6.50. The number of imide groups is 1. The van der Waals surface area contributed by atoms with Gasteiger partial charge in [0.1, 0.15) is 6.04 Å². The summed E-state index contributed by atoms with van der Waals surface area (Å²) in [5.41, 5.74) is 0.688. The van der Waals surface area contributed by atoms with Crippen LogP contribution in [-0.2, 0) is 47.9 Å². The van der Waals surface area contributed by atoms with Crippen LogP contribution in [0.5, 0.6) is 0 Å². The Hall–Kier alpha value is -4.45. The fraction of sp³-hybridized carbons (Fsp3) is 0.723. The van der Waals surface area contributed by atoms with E-state index in [4.69, 9.17) is 14.3 Å². The summed E-state index contributed by atoms with van der Waals surface area (Å²) in [6.07, 6.45) is -0.0140. The molecule has 0 bridgehead atoms. The van der Waals surface area contributed by atoms with E-state index >= 15 is 0 Å². The van der Waals surface area contributed by atoms with Crippen molar-refractivity contribution in [1.82, 2.24) is 30.4 Å². The number of hydrogen-bond donors (Lipinski definition) is 3. The molecule has 10 atom stereocenters. The maximum Gasteiger partial charge on any atom is 0.333 e. The SMILES string of the molecule is CCC(C)C(C(CC(=O)N1CCC[C@H]1C(OC)C(C)C(=O)NC(C)C(O)c1ccccc1)OC)N(C)C(=O)C(NC(=O)C(C(C)C)N(C)CCCC(=O)ON1C(=O)CCC1=O)C(C)C. The van der Waals surface area contributed by atoms with Gasteiger partial charge in [0.15, 0.2) is 0 Å². The number of hydroxylamine groups is 2. The van der Waals surface area contributed by atoms with Crippen molar-refractivity contribution in [2.45, 2.75) is 155 Å². The minimum Gasteiger partial charge on any atom is -0.386 e. The number of hydrogen-bond acceptors (Lipinski definition) is 12. The van der Waals surface area contributed by atoms with E-state index in [1.54, 1.807) is 49.9 Å². The molecule has 64 heavy (non-hydrogen) atoms. The summed E-state index contributed by atoms with van der Waals surface area (Å²) in [5.74, 6) is -4.21. The maximum atomic E-state index is 14.5. The molecule has 2 aliphatic rings. The van der Waals surface area contributed by atoms with E-state index in [0.29, 0.717) is 43.0 Å². The van der Waals surface area contributed by atoms with Crippen molar-refractivity contribution in [3.05, 3.63) is 35.9 Å². The van der Waals surface area contributed by atoms with Crippen LogP contribution in [0.1, 0.15) is 118 Å². The summed E-state index contributed by atoms with van der Waals surface area (Å²) in [5, 5.41) is 17.4. The average molecular weight is 901 g/mol. The third-order valence-electron chi connectivity index (χ3n) is 12.9. The Morgan fingerprint density at radius 3 is 2.05 bits per heavy atom. The first kappa shape index (κ1) is 53.9. The van der Waals surface area contributed by atoms with Gasteiger partial charge in [-0.2, -0.15) is 0 Å². The van der Waals surface area contributed by atoms with Gasteiger partial charge in [0.05, 0.1) is 54.8 Å². The molecule has 0 spiro atoms. The quantitative estimate of drug-likeness (QED) is 0.121. The van der Waals surface area contributed by atoms with Crippen molar-refractivity contribution in [2.24, 2.45) is 23.7 Å². The number of likely N-dealkylation sites (tertiary alicyclic amines) is 1. The number of aliphatic hydroxyl groups excluding tert-OH is 1. The lowest BCUT2D eigenvalue weighted by Crippen LogP contribution is -2.60. The van der Waals surface area contributed by atoms with Crippen LogP contribution < -0.4 is 10.6 Å². The van der Waals surface area contributed by atoms with Crippen molar-refractivity contribution in [1.29, 1.82) is 0 Å². The molecule has 1 aromatic rings. The van der Waals surface area contributed by atoms with Gasteiger partial charge in [-0.25, -0.2) is 4.79 Å². The molecule has 0 radical (unpaired) electrons. The minimum atomic E-state index is -0.910. The Kier molecular flexibility index (Phi) is 21.3. The van der Waals surface area contributed by atoms with Crippen molar-refractivity contribution in [3.8, 4) is 0 Å². The number of carbonyl (C=O) groups is 7. The Balaban J connectivity index is 1.71. The van der Waals surface area contributed by atoms with Crippen LogP contribution in [-0.4, -0.2) is 150 Å². The molecule has 17 nitrogen and oxygen atoms in total. The Bertz CT molecular complexity index is 1710. The van der Waals surface area contributed by atoms with Gasteiger partial charge in [0, 0.05) is 47.1 Å². The van der Waals surface area contributed by atoms with Crippen LogP contribution in [0.25, 0.3) is 0 Å². The van der Waals surface area contributed by atoms with Gasteiger partial charge in [0.2, 0.25) is 23.6 Å². The molecule has 3 rings (SSSR count). The highest BCUT2D eigenvalue weighted by Crippen LogP contribution is 2.30. The smallest absolute Gasteiger partial charge is 0.333 e. The first-order chi connectivity index (χ1) is 30.2. The molecular weight excluding hydrogens is 825 g/mol. The predicted octanol–water partition coefficient (Wildman–Crippen LogP) is 3.63. The molecule has 17 heteroatoms. The lowest BCUT2D eigenvalue weighted by atomic mass is 9.89. The van der Waals surface area contributed by atoms with Gasteiger partial charge in [-0.1, -0.05) is 85.2 Å². The molecule has 2 fully saturated rings. The monoisotopic (exact) mass is 901 g/mol. The second-order valence-electron chi connectivity index (χ2n) is 18.3. The summed E-state index contributed by atoms with van der Waals surface area (Å²) in [6.45, 7) is 15.8. The highest BCUT2D eigenvalue weighted by atomic mass is 16.7. The zero-order valence-electron chi connectivity index (χ0n) is 40.2. The number of benzene rings is 1. The number of aliphatic hydroxyl groups is 1. The Morgan fingerprint density at radius 1 is 0.875 bits per heavy atom. The van der Waals surface area contributed by atoms with Crippen molar-refractivity contribution in [3.63, 3.8) is 0 Å². The van der Waals surface area contributed by atoms with Crippen LogP contribution in [0.2, 0.25) is 0 Å². The molecule has 9 unspecified atom stereocenters. The number of methoxy groups -OCH3 is 2. The van der Waals surface area contributed by atoms with Gasteiger partial charge in [-0.15, -0.1) is 5.06 Å². The molecule has 2 aliphatic heterocycles. The number of amides is 6. The number of carbonyl (C=O) groups excluding carboxylic acids is 7. The molecule has 0 saturated carbocycles. The predicted molar refractivity (Wildman–Crippen MR) is 240 cm³/mol. The van der Waals surface area contributed by atoms with Gasteiger partial charge in [0.25, 0.3) is 11.8 Å². The molecule has 2 saturated heterocycles. The summed E-state index contributed by atoms with van der Waals surface area (Å²) < 4.78 is 12.0. The first-order valence-corrected chi connectivity index (χ1v) is 22.9. The largest absolute Gasteiger partial charge is 0.386 e. The summed E-state index contributed by atoms with van der Waals surface area (Å²) >= 11 is 0. The van der Waals surface area contributed by atoms with Crippen molar-refractivity contribution >= 4 is 41.4 Å². The molecule has 0 aliphatic carbocycles. The fourth-order valence-electron chi connectivity index (χ4n) is 9.08. The van der Waals surface area contributed by atoms with Crippen LogP contribution in [0.3, 0.4) is 0 Å². The molecule has 360 valence electrons. The van der Waals surface area contributed by atoms with Gasteiger partial charge in [-0.05, 0) is 63.1 Å². The molecule has 0 aromatic heterocycles. The summed E-state index contributed by atoms with van der Waals surface area (Å²) in [4.78, 5) is 103. The standard InChI is InChI=1S/C47H76N6O11/c1-13-30(6)42(35(62-11)27-38(56)52-26-17-21-34(52)44(63-12)31(7)45(59)48-32(8)43(58)33-19-15-14-16-20-33)51(10)47(61)40(28(2)3)49-46(60)41(29(4)5)50(9)25-18-22-39(57)64-53-36(54)23-24-37(53)55/h14-16,19-20,28-32,34-35,40-44,58H,13,17-18,21-27H2,1-12H3,(H,48,59)(H,49,60)/t30?,31?,32?,34-,35?,40?,41?,42?,43?,44?/m0/s1. The van der Waals surface area contributed by atoms with Crippen LogP contribution >= 0.6 is 0 Å². The molecular formula is C47H76N6O11. The molecule has 6 amide bonds. The molecule has 1 aromatic carbocycles. The summed E-state index contributed by atoms with van der Waals surface area (Å²) in [6, 6.07) is 6.04. The van der Waals surface area contributed by atoms with Crippen molar-refractivity contribution < 1.29 is 53.0 Å². The van der Waals surface area contributed by atoms with E-state index in [2.05, 4.69) is 10.6 Å². The van der Waals surface area contributed by atoms with E-state index in [1.165, 1.54) is 14.2 Å². The third-order valence-corrected chi connectivity index (χ3v) is 12.9. The number of ether oxygens (including phenoxy) is 2. The Morgan fingerprint density at radius 2 is 1.50 bits per heavy atom. The Labute approximate surface area is 380 Å². The lowest BCUT2D eigenvalue weighted by Gasteiger charge is -2.41. The van der Waals surface area contributed by atoms with E-state index in [-0.39, 0.29) is 73.1 Å². The number of likely N-dealkylation sites (N-methyl/N-ethyl adjacent to an activating group) is 2.